The van der Waals surface area contributed by atoms with E-state index in [1.165, 1.54) is 12.1 Å². The number of halogens is 1. The second-order valence-electron chi connectivity index (χ2n) is 8.13. The third-order valence-electron chi connectivity index (χ3n) is 6.25. The lowest BCUT2D eigenvalue weighted by atomic mass is 9.84. The highest BCUT2D eigenvalue weighted by atomic mass is 19.1. The molecule has 2 unspecified atom stereocenters. The van der Waals surface area contributed by atoms with Crippen molar-refractivity contribution in [1.29, 1.82) is 5.26 Å². The van der Waals surface area contributed by atoms with E-state index in [9.17, 15) is 9.18 Å². The number of carbonyl (C=O) groups is 1. The molecule has 1 aliphatic heterocycles. The second kappa shape index (κ2) is 9.23. The molecule has 0 saturated carbocycles. The topological polar surface area (TPSA) is 53.3 Å². The summed E-state index contributed by atoms with van der Waals surface area (Å²) in [7, 11) is 0. The van der Waals surface area contributed by atoms with E-state index >= 15 is 0 Å². The quantitative estimate of drug-likeness (QED) is 0.445. The van der Waals surface area contributed by atoms with Gasteiger partial charge in [0.05, 0.1) is 12.1 Å². The lowest BCUT2D eigenvalue weighted by Crippen LogP contribution is -2.48. The molecule has 1 aliphatic rings. The molecule has 162 valence electrons. The van der Waals surface area contributed by atoms with Crippen molar-refractivity contribution in [3.8, 4) is 17.2 Å². The average molecular weight is 429 g/mol. The maximum Gasteiger partial charge on any atom is 0.411 e. The first-order valence-electron chi connectivity index (χ1n) is 10.8. The molecular weight excluding hydrogens is 403 g/mol. The molecule has 5 heteroatoms. The van der Waals surface area contributed by atoms with Gasteiger partial charge in [0.1, 0.15) is 11.4 Å². The molecule has 0 aliphatic carbocycles. The fourth-order valence-electron chi connectivity index (χ4n) is 4.32. The predicted octanol–water partition coefficient (Wildman–Crippen LogP) is 6.60. The number of ether oxygens (including phenoxy) is 1. The van der Waals surface area contributed by atoms with Gasteiger partial charge in [-0.1, -0.05) is 66.7 Å². The van der Waals surface area contributed by atoms with Gasteiger partial charge in [-0.15, -0.1) is 0 Å². The molecule has 4 rings (SSSR count). The first-order chi connectivity index (χ1) is 15.5. The molecule has 0 spiro atoms. The van der Waals surface area contributed by atoms with E-state index in [0.717, 1.165) is 22.3 Å². The molecule has 1 heterocycles. The summed E-state index contributed by atoms with van der Waals surface area (Å²) in [5.74, 6) is -0.260. The molecule has 0 N–H and O–H groups in total. The van der Waals surface area contributed by atoms with E-state index in [4.69, 9.17) is 10.00 Å². The van der Waals surface area contributed by atoms with Crippen LogP contribution in [0.2, 0.25) is 0 Å². The van der Waals surface area contributed by atoms with Crippen molar-refractivity contribution in [2.75, 3.05) is 6.54 Å². The van der Waals surface area contributed by atoms with Gasteiger partial charge in [0.15, 0.2) is 0 Å². The van der Waals surface area contributed by atoms with Gasteiger partial charge in [0, 0.05) is 25.8 Å². The summed E-state index contributed by atoms with van der Waals surface area (Å²) in [5.41, 5.74) is 3.09. The van der Waals surface area contributed by atoms with Crippen LogP contribution in [0.4, 0.5) is 9.18 Å². The molecule has 0 aromatic heterocycles. The Labute approximate surface area is 187 Å². The van der Waals surface area contributed by atoms with Crippen molar-refractivity contribution in [2.24, 2.45) is 0 Å². The second-order valence-corrected chi connectivity index (χ2v) is 8.13. The van der Waals surface area contributed by atoms with Gasteiger partial charge in [-0.25, -0.2) is 9.18 Å². The van der Waals surface area contributed by atoms with Crippen LogP contribution in [0.3, 0.4) is 0 Å². The average Bonchev–Trinajstić information content (AvgIpc) is 2.83. The summed E-state index contributed by atoms with van der Waals surface area (Å²) in [4.78, 5) is 14.8. The minimum Gasteiger partial charge on any atom is -0.438 e. The molecule has 0 bridgehead atoms. The zero-order valence-electron chi connectivity index (χ0n) is 18.0. The van der Waals surface area contributed by atoms with E-state index in [1.54, 1.807) is 17.0 Å². The van der Waals surface area contributed by atoms with Crippen LogP contribution in [-0.4, -0.2) is 17.5 Å². The smallest absolute Gasteiger partial charge is 0.411 e. The normalized spacial score (nSPS) is 19.2. The van der Waals surface area contributed by atoms with E-state index < -0.39 is 5.60 Å². The maximum absolute atomic E-state index is 13.2. The molecular formula is C27H25FN2O2. The standard InChI is InChI=1S/C27H25FN2O2/c1-20(21-8-10-22(11-9-21)23-12-14-25(28)15-13-23)30-19-17-27(16-5-18-29,32-26(30)31)24-6-3-2-4-7-24/h2-4,6-15,20H,5,16-17,19H2,1H3. The molecule has 4 nitrogen and oxygen atoms in total. The molecule has 3 aromatic rings. The van der Waals surface area contributed by atoms with Crippen LogP contribution in [0.25, 0.3) is 11.1 Å². The molecule has 2 atom stereocenters. The van der Waals surface area contributed by atoms with Crippen molar-refractivity contribution in [1.82, 2.24) is 4.90 Å². The van der Waals surface area contributed by atoms with Crippen LogP contribution in [0.15, 0.2) is 78.9 Å². The summed E-state index contributed by atoms with van der Waals surface area (Å²) in [6.45, 7) is 2.53. The largest absolute Gasteiger partial charge is 0.438 e. The molecule has 32 heavy (non-hydrogen) atoms. The van der Waals surface area contributed by atoms with Crippen molar-refractivity contribution < 1.29 is 13.9 Å². The van der Waals surface area contributed by atoms with Crippen molar-refractivity contribution in [3.05, 3.63) is 95.8 Å². The van der Waals surface area contributed by atoms with Crippen LogP contribution in [-0.2, 0) is 10.3 Å². The molecule has 1 fully saturated rings. The number of hydrogen-bond acceptors (Lipinski definition) is 3. The van der Waals surface area contributed by atoms with Gasteiger partial charge in [-0.2, -0.15) is 5.26 Å². The van der Waals surface area contributed by atoms with Crippen LogP contribution in [0, 0.1) is 17.1 Å². The minimum absolute atomic E-state index is 0.158. The van der Waals surface area contributed by atoms with E-state index in [0.29, 0.717) is 25.8 Å². The Hall–Kier alpha value is -3.65. The first-order valence-corrected chi connectivity index (χ1v) is 10.8. The van der Waals surface area contributed by atoms with Crippen LogP contribution in [0.5, 0.6) is 0 Å². The zero-order chi connectivity index (χ0) is 22.6. The number of cyclic esters (lactones) is 1. The van der Waals surface area contributed by atoms with Crippen molar-refractivity contribution >= 4 is 6.09 Å². The van der Waals surface area contributed by atoms with Gasteiger partial charge in [-0.05, 0) is 41.3 Å². The number of benzene rings is 3. The number of nitrogens with zero attached hydrogens (tertiary/aromatic N) is 2. The molecule has 3 aromatic carbocycles. The highest BCUT2D eigenvalue weighted by molar-refractivity contribution is 5.70. The van der Waals surface area contributed by atoms with Crippen molar-refractivity contribution in [2.45, 2.75) is 37.8 Å². The van der Waals surface area contributed by atoms with Gasteiger partial charge in [0.2, 0.25) is 0 Å². The number of nitriles is 1. The summed E-state index contributed by atoms with van der Waals surface area (Å²) >= 11 is 0. The summed E-state index contributed by atoms with van der Waals surface area (Å²) < 4.78 is 19.2. The molecule has 0 radical (unpaired) electrons. The lowest BCUT2D eigenvalue weighted by molar-refractivity contribution is -0.0647. The summed E-state index contributed by atoms with van der Waals surface area (Å²) in [6, 6.07) is 26.1. The number of rotatable bonds is 6. The Morgan fingerprint density at radius 3 is 2.25 bits per heavy atom. The highest BCUT2D eigenvalue weighted by Crippen LogP contribution is 2.40. The van der Waals surface area contributed by atoms with Gasteiger partial charge < -0.3 is 9.64 Å². The Balaban J connectivity index is 1.51. The first kappa shape index (κ1) is 21.6. The Morgan fingerprint density at radius 2 is 1.66 bits per heavy atom. The lowest BCUT2D eigenvalue weighted by Gasteiger charge is -2.43. The predicted molar refractivity (Wildman–Crippen MR) is 121 cm³/mol. The summed E-state index contributed by atoms with van der Waals surface area (Å²) in [5, 5.41) is 9.11. The maximum atomic E-state index is 13.2. The van der Waals surface area contributed by atoms with E-state index in [2.05, 4.69) is 6.07 Å². The number of carbonyl (C=O) groups excluding carboxylic acids is 1. The van der Waals surface area contributed by atoms with Crippen LogP contribution >= 0.6 is 0 Å². The summed E-state index contributed by atoms with van der Waals surface area (Å²) in [6.07, 6.45) is 1.06. The van der Waals surface area contributed by atoms with Crippen molar-refractivity contribution in [3.63, 3.8) is 0 Å². The fraction of sp³-hybridized carbons (Fsp3) is 0.259. The van der Waals surface area contributed by atoms with Gasteiger partial charge in [-0.3, -0.25) is 0 Å². The van der Waals surface area contributed by atoms with Gasteiger partial charge in [0.25, 0.3) is 0 Å². The van der Waals surface area contributed by atoms with Crippen LogP contribution in [0.1, 0.15) is 43.4 Å². The van der Waals surface area contributed by atoms with Gasteiger partial charge >= 0.3 is 6.09 Å². The molecule has 1 amide bonds. The third kappa shape index (κ3) is 4.36. The Bertz CT molecular complexity index is 1110. The monoisotopic (exact) mass is 428 g/mol. The Morgan fingerprint density at radius 1 is 1.03 bits per heavy atom. The van der Waals surface area contributed by atoms with Crippen LogP contribution < -0.4 is 0 Å². The van der Waals surface area contributed by atoms with E-state index in [1.807, 2.05) is 61.5 Å². The minimum atomic E-state index is -0.767. The van der Waals surface area contributed by atoms with E-state index in [-0.39, 0.29) is 18.0 Å². The zero-order valence-corrected chi connectivity index (χ0v) is 18.0. The third-order valence-corrected chi connectivity index (χ3v) is 6.25. The molecule has 1 saturated heterocycles. The SMILES string of the molecule is CC(c1ccc(-c2ccc(F)cc2)cc1)N1CCC(CCC#N)(c2ccccc2)OC1=O. The fourth-order valence-corrected chi connectivity index (χ4v) is 4.32. The highest BCUT2D eigenvalue weighted by Gasteiger charge is 2.43. The number of hydrogen-bond donors (Lipinski definition) is 0. The Kier molecular flexibility index (Phi) is 6.23. The number of amides is 1.